The topological polar surface area (TPSA) is 63.2 Å². The number of guanidine groups is 1. The smallest absolute Gasteiger partial charge is 0.234 e. The Bertz CT molecular complexity index is 564. The van der Waals surface area contributed by atoms with Crippen LogP contribution < -0.4 is 10.6 Å². The summed E-state index contributed by atoms with van der Waals surface area (Å²) in [7, 11) is 1.90. The van der Waals surface area contributed by atoms with Crippen molar-refractivity contribution in [3.8, 4) is 0 Å². The number of hydrogen-bond acceptors (Lipinski definition) is 5. The molecule has 7 nitrogen and oxygen atoms in total. The van der Waals surface area contributed by atoms with Crippen molar-refractivity contribution in [1.82, 2.24) is 25.3 Å². The van der Waals surface area contributed by atoms with Crippen LogP contribution in [0, 0.1) is 0 Å². The SMILES string of the molecule is CN=C(NCC1(N2CCSCC2)CCCCC1)N1CCN(CC(=O)NC(C)C)CC1. The molecule has 0 bridgehead atoms. The van der Waals surface area contributed by atoms with Gasteiger partial charge in [-0.3, -0.25) is 19.6 Å². The lowest BCUT2D eigenvalue weighted by Crippen LogP contribution is -2.61. The normalized spacial score (nSPS) is 24.1. The highest BCUT2D eigenvalue weighted by atomic mass is 32.2. The van der Waals surface area contributed by atoms with Gasteiger partial charge in [-0.05, 0) is 26.7 Å². The first-order valence-electron chi connectivity index (χ1n) is 11.8. The lowest BCUT2D eigenvalue weighted by molar-refractivity contribution is -0.123. The van der Waals surface area contributed by atoms with Gasteiger partial charge in [0.2, 0.25) is 5.91 Å². The van der Waals surface area contributed by atoms with Gasteiger partial charge < -0.3 is 15.5 Å². The van der Waals surface area contributed by atoms with Crippen LogP contribution in [0.25, 0.3) is 0 Å². The summed E-state index contributed by atoms with van der Waals surface area (Å²) in [6, 6.07) is 0.201. The average Bonchev–Trinajstić information content (AvgIpc) is 2.76. The predicted molar refractivity (Wildman–Crippen MR) is 127 cm³/mol. The molecule has 2 heterocycles. The number of carbonyl (C=O) groups is 1. The summed E-state index contributed by atoms with van der Waals surface area (Å²) in [4.78, 5) is 24.0. The number of thioether (sulfide) groups is 1. The summed E-state index contributed by atoms with van der Waals surface area (Å²) >= 11 is 2.09. The van der Waals surface area contributed by atoms with Crippen LogP contribution in [0.4, 0.5) is 0 Å². The van der Waals surface area contributed by atoms with Crippen molar-refractivity contribution < 1.29 is 4.79 Å². The van der Waals surface area contributed by atoms with Gasteiger partial charge in [-0.1, -0.05) is 19.3 Å². The molecular formula is C22H42N6OS. The summed E-state index contributed by atoms with van der Waals surface area (Å²) < 4.78 is 0. The molecule has 3 rings (SSSR count). The van der Waals surface area contributed by atoms with Gasteiger partial charge in [-0.25, -0.2) is 0 Å². The number of piperazine rings is 1. The number of nitrogens with one attached hydrogen (secondary N) is 2. The summed E-state index contributed by atoms with van der Waals surface area (Å²) in [5.41, 5.74) is 0.298. The zero-order valence-electron chi connectivity index (χ0n) is 19.3. The molecule has 0 aromatic heterocycles. The lowest BCUT2D eigenvalue weighted by Gasteiger charge is -2.49. The molecule has 2 aliphatic heterocycles. The fraction of sp³-hybridized carbons (Fsp3) is 0.909. The number of amides is 1. The van der Waals surface area contributed by atoms with E-state index in [1.807, 2.05) is 20.9 Å². The molecule has 0 aromatic rings. The van der Waals surface area contributed by atoms with Crippen molar-refractivity contribution in [3.05, 3.63) is 0 Å². The van der Waals surface area contributed by atoms with E-state index >= 15 is 0 Å². The van der Waals surface area contributed by atoms with Crippen LogP contribution in [0.15, 0.2) is 4.99 Å². The molecule has 172 valence electrons. The summed E-state index contributed by atoms with van der Waals surface area (Å²) in [6.45, 7) is 11.6. The van der Waals surface area contributed by atoms with Crippen molar-refractivity contribution in [3.63, 3.8) is 0 Å². The van der Waals surface area contributed by atoms with Crippen LogP contribution in [-0.4, -0.2) is 109 Å². The average molecular weight is 439 g/mol. The Morgan fingerprint density at radius 1 is 1.03 bits per heavy atom. The minimum atomic E-state index is 0.125. The van der Waals surface area contributed by atoms with Gasteiger partial charge in [0.05, 0.1) is 6.54 Å². The Balaban J connectivity index is 1.51. The number of aliphatic imine (C=N–C) groups is 1. The fourth-order valence-electron chi connectivity index (χ4n) is 5.12. The maximum Gasteiger partial charge on any atom is 0.234 e. The van der Waals surface area contributed by atoms with Crippen LogP contribution >= 0.6 is 11.8 Å². The molecule has 0 atom stereocenters. The molecule has 0 unspecified atom stereocenters. The standard InChI is InChI=1S/C22H42N6OS/c1-19(2)25-20(29)17-26-9-11-27(12-10-26)21(23-3)24-18-22(7-5-4-6-8-22)28-13-15-30-16-14-28/h19H,4-18H2,1-3H3,(H,23,24)(H,25,29). The van der Waals surface area contributed by atoms with E-state index < -0.39 is 0 Å². The second-order valence-corrected chi connectivity index (χ2v) is 10.5. The first kappa shape index (κ1) is 23.7. The predicted octanol–water partition coefficient (Wildman–Crippen LogP) is 1.46. The van der Waals surface area contributed by atoms with E-state index in [9.17, 15) is 4.79 Å². The van der Waals surface area contributed by atoms with Gasteiger partial charge in [0.15, 0.2) is 5.96 Å². The molecule has 3 aliphatic rings. The summed E-state index contributed by atoms with van der Waals surface area (Å²) in [5, 5.41) is 6.75. The second kappa shape index (κ2) is 11.6. The quantitative estimate of drug-likeness (QED) is 0.484. The monoisotopic (exact) mass is 438 g/mol. The Morgan fingerprint density at radius 2 is 1.70 bits per heavy atom. The van der Waals surface area contributed by atoms with E-state index in [1.165, 1.54) is 56.7 Å². The van der Waals surface area contributed by atoms with Gasteiger partial charge in [0, 0.05) is 75.9 Å². The van der Waals surface area contributed by atoms with E-state index in [-0.39, 0.29) is 11.9 Å². The Morgan fingerprint density at radius 3 is 2.30 bits per heavy atom. The molecule has 30 heavy (non-hydrogen) atoms. The van der Waals surface area contributed by atoms with Crippen molar-refractivity contribution >= 4 is 23.6 Å². The van der Waals surface area contributed by atoms with Crippen LogP contribution in [0.5, 0.6) is 0 Å². The largest absolute Gasteiger partial charge is 0.354 e. The summed E-state index contributed by atoms with van der Waals surface area (Å²) in [5.74, 6) is 3.68. The molecule has 1 aliphatic carbocycles. The van der Waals surface area contributed by atoms with Gasteiger partial charge in [0.25, 0.3) is 0 Å². The van der Waals surface area contributed by atoms with Crippen LogP contribution in [0.3, 0.4) is 0 Å². The second-order valence-electron chi connectivity index (χ2n) is 9.27. The number of carbonyl (C=O) groups excluding carboxylic acids is 1. The highest BCUT2D eigenvalue weighted by Gasteiger charge is 2.38. The number of rotatable bonds is 6. The van der Waals surface area contributed by atoms with Gasteiger partial charge in [-0.15, -0.1) is 0 Å². The van der Waals surface area contributed by atoms with Gasteiger partial charge in [-0.2, -0.15) is 11.8 Å². The molecule has 0 aromatic carbocycles. The van der Waals surface area contributed by atoms with E-state index in [4.69, 9.17) is 0 Å². The lowest BCUT2D eigenvalue weighted by atomic mass is 9.80. The molecule has 3 fully saturated rings. The Kier molecular flexibility index (Phi) is 9.13. The first-order valence-corrected chi connectivity index (χ1v) is 13.0. The Hall–Kier alpha value is -0.990. The highest BCUT2D eigenvalue weighted by Crippen LogP contribution is 2.34. The first-order chi connectivity index (χ1) is 14.5. The fourth-order valence-corrected chi connectivity index (χ4v) is 6.02. The van der Waals surface area contributed by atoms with E-state index in [0.717, 1.165) is 38.7 Å². The van der Waals surface area contributed by atoms with Crippen molar-refractivity contribution in [1.29, 1.82) is 0 Å². The minimum Gasteiger partial charge on any atom is -0.354 e. The van der Waals surface area contributed by atoms with Crippen molar-refractivity contribution in [2.45, 2.75) is 57.5 Å². The molecule has 2 N–H and O–H groups in total. The minimum absolute atomic E-state index is 0.125. The molecule has 1 saturated carbocycles. The van der Waals surface area contributed by atoms with E-state index in [2.05, 4.69) is 42.1 Å². The molecule has 0 radical (unpaired) electrons. The van der Waals surface area contributed by atoms with Crippen molar-refractivity contribution in [2.24, 2.45) is 4.99 Å². The van der Waals surface area contributed by atoms with Gasteiger partial charge in [0.1, 0.15) is 0 Å². The molecule has 1 amide bonds. The zero-order valence-corrected chi connectivity index (χ0v) is 20.1. The Labute approximate surface area is 187 Å². The molecule has 0 spiro atoms. The third-order valence-corrected chi connectivity index (χ3v) is 7.68. The maximum absolute atomic E-state index is 12.0. The van der Waals surface area contributed by atoms with Crippen molar-refractivity contribution in [2.75, 3.05) is 70.9 Å². The van der Waals surface area contributed by atoms with Crippen LogP contribution in [0.1, 0.15) is 46.0 Å². The molecule has 8 heteroatoms. The van der Waals surface area contributed by atoms with Crippen LogP contribution in [0.2, 0.25) is 0 Å². The summed E-state index contributed by atoms with van der Waals surface area (Å²) in [6.07, 6.45) is 6.69. The third-order valence-electron chi connectivity index (χ3n) is 6.74. The number of hydrogen-bond donors (Lipinski definition) is 2. The molecule has 2 saturated heterocycles. The van der Waals surface area contributed by atoms with E-state index in [0.29, 0.717) is 12.1 Å². The van der Waals surface area contributed by atoms with E-state index in [1.54, 1.807) is 0 Å². The van der Waals surface area contributed by atoms with Gasteiger partial charge >= 0.3 is 0 Å². The molecular weight excluding hydrogens is 396 g/mol. The van der Waals surface area contributed by atoms with Crippen LogP contribution in [-0.2, 0) is 4.79 Å². The zero-order chi connectivity index (χ0) is 21.4. The highest BCUT2D eigenvalue weighted by molar-refractivity contribution is 7.99. The third kappa shape index (κ3) is 6.50. The number of nitrogens with zero attached hydrogens (tertiary/aromatic N) is 4. The maximum atomic E-state index is 12.0.